The van der Waals surface area contributed by atoms with Crippen LogP contribution in [0.1, 0.15) is 0 Å². The highest BCUT2D eigenvalue weighted by Crippen LogP contribution is 2.47. The Morgan fingerprint density at radius 3 is 1.28 bits per heavy atom. The molecule has 0 atom stereocenters. The van der Waals surface area contributed by atoms with Gasteiger partial charge >= 0.3 is 0 Å². The molecule has 0 aliphatic heterocycles. The number of hydrogen-bond donors (Lipinski definition) is 0. The summed E-state index contributed by atoms with van der Waals surface area (Å²) in [6.45, 7) is 0. The molecule has 0 unspecified atom stereocenters. The van der Waals surface area contributed by atoms with Crippen LogP contribution in [0, 0.1) is 0 Å². The summed E-state index contributed by atoms with van der Waals surface area (Å²) >= 11 is 0. The monoisotopic (exact) mass is 763 g/mol. The van der Waals surface area contributed by atoms with Crippen molar-refractivity contribution in [3.63, 3.8) is 0 Å². The molecule has 0 saturated carbocycles. The van der Waals surface area contributed by atoms with Gasteiger partial charge in [-0.15, -0.1) is 0 Å². The average Bonchev–Trinajstić information content (AvgIpc) is 3.72. The van der Waals surface area contributed by atoms with Crippen molar-refractivity contribution < 1.29 is 4.42 Å². The maximum atomic E-state index is 6.80. The minimum Gasteiger partial charge on any atom is -0.455 e. The minimum absolute atomic E-state index is 0.907. The summed E-state index contributed by atoms with van der Waals surface area (Å²) in [6.07, 6.45) is 0. The van der Waals surface area contributed by atoms with Gasteiger partial charge in [0.25, 0.3) is 0 Å². The van der Waals surface area contributed by atoms with E-state index in [1.54, 1.807) is 0 Å². The summed E-state index contributed by atoms with van der Waals surface area (Å²) in [7, 11) is 0. The SMILES string of the molecule is c1ccc(-c2cccc3c2oc2c(-c4cccc(-c5ccc(N(c6cc7ccccc7c7ccccc67)c6cc7ccccc7c7ccccc67)cc5)c4)cccc23)cc1. The van der Waals surface area contributed by atoms with Gasteiger partial charge in [-0.05, 0) is 84.9 Å². The molecule has 1 aromatic heterocycles. The average molecular weight is 764 g/mol. The maximum absolute atomic E-state index is 6.80. The van der Waals surface area contributed by atoms with E-state index < -0.39 is 0 Å². The molecule has 60 heavy (non-hydrogen) atoms. The number of furan rings is 1. The molecule has 0 amide bonds. The zero-order valence-corrected chi connectivity index (χ0v) is 32.7. The van der Waals surface area contributed by atoms with E-state index in [2.05, 4.69) is 229 Å². The predicted molar refractivity (Wildman–Crippen MR) is 255 cm³/mol. The molecule has 12 aromatic rings. The summed E-state index contributed by atoms with van der Waals surface area (Å²) in [5, 5.41) is 12.1. The van der Waals surface area contributed by atoms with Gasteiger partial charge in [-0.3, -0.25) is 0 Å². The standard InChI is InChI=1S/C58H37NO/c1-2-15-39(16-3-1)47-27-13-29-53-54-30-14-28-48(58(54)60-57(47)53)41-20-12-19-40(35-41)38-31-33-44(34-32-38)59(55-36-42-17-4-6-21-45(42)49-23-8-10-25-51(49)55)56-37-43-18-5-7-22-46(43)50-24-9-11-26-52(50)56/h1-37H. The molecule has 2 nitrogen and oxygen atoms in total. The zero-order valence-electron chi connectivity index (χ0n) is 32.7. The van der Waals surface area contributed by atoms with Gasteiger partial charge in [-0.1, -0.05) is 194 Å². The van der Waals surface area contributed by atoms with Crippen molar-refractivity contribution >= 4 is 82.1 Å². The largest absolute Gasteiger partial charge is 0.455 e. The van der Waals surface area contributed by atoms with Crippen molar-refractivity contribution in [1.82, 2.24) is 0 Å². The van der Waals surface area contributed by atoms with Gasteiger partial charge < -0.3 is 9.32 Å². The Hall–Kier alpha value is -7.94. The minimum atomic E-state index is 0.907. The topological polar surface area (TPSA) is 16.4 Å². The molecule has 0 fully saturated rings. The molecule has 0 aliphatic rings. The third kappa shape index (κ3) is 5.50. The van der Waals surface area contributed by atoms with E-state index in [4.69, 9.17) is 4.42 Å². The lowest BCUT2D eigenvalue weighted by Crippen LogP contribution is -2.11. The Kier molecular flexibility index (Phi) is 7.89. The molecular weight excluding hydrogens is 727 g/mol. The zero-order chi connectivity index (χ0) is 39.6. The Morgan fingerprint density at radius 2 is 0.700 bits per heavy atom. The number of fused-ring (bicyclic) bond motifs is 9. The van der Waals surface area contributed by atoms with Crippen LogP contribution in [0.25, 0.3) is 98.4 Å². The van der Waals surface area contributed by atoms with E-state index in [9.17, 15) is 0 Å². The Balaban J connectivity index is 1.01. The van der Waals surface area contributed by atoms with Gasteiger partial charge in [0.1, 0.15) is 11.2 Å². The van der Waals surface area contributed by atoms with Crippen LogP contribution >= 0.6 is 0 Å². The first-order valence-corrected chi connectivity index (χ1v) is 20.6. The van der Waals surface area contributed by atoms with Crippen molar-refractivity contribution in [3.05, 3.63) is 224 Å². The van der Waals surface area contributed by atoms with Gasteiger partial charge in [0.05, 0.1) is 11.4 Å². The summed E-state index contributed by atoms with van der Waals surface area (Å²) < 4.78 is 6.80. The first-order valence-electron chi connectivity index (χ1n) is 20.6. The summed E-state index contributed by atoms with van der Waals surface area (Å²) in [5.74, 6) is 0. The fourth-order valence-corrected chi connectivity index (χ4v) is 9.41. The van der Waals surface area contributed by atoms with Gasteiger partial charge in [0, 0.05) is 38.4 Å². The van der Waals surface area contributed by atoms with Crippen LogP contribution in [0.3, 0.4) is 0 Å². The third-order valence-corrected chi connectivity index (χ3v) is 12.2. The molecule has 0 saturated heterocycles. The number of rotatable bonds is 6. The molecule has 1 heterocycles. The van der Waals surface area contributed by atoms with Gasteiger partial charge in [-0.25, -0.2) is 0 Å². The van der Waals surface area contributed by atoms with Crippen molar-refractivity contribution in [3.8, 4) is 33.4 Å². The van der Waals surface area contributed by atoms with Crippen LogP contribution in [0.4, 0.5) is 17.1 Å². The van der Waals surface area contributed by atoms with E-state index in [-0.39, 0.29) is 0 Å². The summed E-state index contributed by atoms with van der Waals surface area (Å²) in [6, 6.07) is 81.2. The lowest BCUT2D eigenvalue weighted by molar-refractivity contribution is 0.671. The molecule has 280 valence electrons. The van der Waals surface area contributed by atoms with E-state index in [0.29, 0.717) is 0 Å². The molecule has 11 aromatic carbocycles. The molecular formula is C58H37NO. The molecule has 2 heteroatoms. The van der Waals surface area contributed by atoms with E-state index in [1.165, 1.54) is 43.1 Å². The highest BCUT2D eigenvalue weighted by Gasteiger charge is 2.21. The third-order valence-electron chi connectivity index (χ3n) is 12.2. The Morgan fingerprint density at radius 1 is 0.267 bits per heavy atom. The second kappa shape index (κ2) is 13.9. The van der Waals surface area contributed by atoms with Crippen molar-refractivity contribution in [1.29, 1.82) is 0 Å². The normalized spacial score (nSPS) is 11.7. The Bertz CT molecular complexity index is 3480. The number of anilines is 3. The summed E-state index contributed by atoms with van der Waals surface area (Å²) in [4.78, 5) is 2.47. The quantitative estimate of drug-likeness (QED) is 0.157. The molecule has 0 spiro atoms. The van der Waals surface area contributed by atoms with Crippen molar-refractivity contribution in [2.24, 2.45) is 0 Å². The highest BCUT2D eigenvalue weighted by molar-refractivity contribution is 6.19. The predicted octanol–water partition coefficient (Wildman–Crippen LogP) is 16.7. The van der Waals surface area contributed by atoms with E-state index >= 15 is 0 Å². The van der Waals surface area contributed by atoms with Crippen LogP contribution in [0.15, 0.2) is 229 Å². The van der Waals surface area contributed by atoms with Crippen molar-refractivity contribution in [2.45, 2.75) is 0 Å². The lowest BCUT2D eigenvalue weighted by atomic mass is 9.95. The van der Waals surface area contributed by atoms with Gasteiger partial charge in [-0.2, -0.15) is 0 Å². The molecule has 12 rings (SSSR count). The number of para-hydroxylation sites is 2. The highest BCUT2D eigenvalue weighted by atomic mass is 16.3. The van der Waals surface area contributed by atoms with Crippen LogP contribution in [-0.2, 0) is 0 Å². The van der Waals surface area contributed by atoms with Crippen LogP contribution in [0.2, 0.25) is 0 Å². The summed E-state index contributed by atoms with van der Waals surface area (Å²) in [5.41, 5.74) is 12.0. The molecule has 0 aliphatic carbocycles. The molecule has 0 radical (unpaired) electrons. The Labute approximate surface area is 347 Å². The molecule has 0 N–H and O–H groups in total. The number of benzene rings is 11. The number of nitrogens with zero attached hydrogens (tertiary/aromatic N) is 1. The second-order valence-electron chi connectivity index (χ2n) is 15.6. The van der Waals surface area contributed by atoms with Crippen LogP contribution in [0.5, 0.6) is 0 Å². The lowest BCUT2D eigenvalue weighted by Gasteiger charge is -2.29. The fourth-order valence-electron chi connectivity index (χ4n) is 9.41. The molecule has 0 bridgehead atoms. The van der Waals surface area contributed by atoms with Crippen LogP contribution < -0.4 is 4.90 Å². The number of hydrogen-bond acceptors (Lipinski definition) is 2. The van der Waals surface area contributed by atoms with Gasteiger partial charge in [0.2, 0.25) is 0 Å². The van der Waals surface area contributed by atoms with Gasteiger partial charge in [0.15, 0.2) is 0 Å². The fraction of sp³-hybridized carbons (Fsp3) is 0. The smallest absolute Gasteiger partial charge is 0.143 e. The first-order chi connectivity index (χ1) is 29.8. The van der Waals surface area contributed by atoms with E-state index in [0.717, 1.165) is 72.4 Å². The van der Waals surface area contributed by atoms with E-state index in [1.807, 2.05) is 0 Å². The first kappa shape index (κ1) is 34.1. The second-order valence-corrected chi connectivity index (χ2v) is 15.6. The maximum Gasteiger partial charge on any atom is 0.143 e. The van der Waals surface area contributed by atoms with Crippen molar-refractivity contribution in [2.75, 3.05) is 4.90 Å². The van der Waals surface area contributed by atoms with Crippen LogP contribution in [-0.4, -0.2) is 0 Å².